The number of hydrogen-bond donors (Lipinski definition) is 0. The highest BCUT2D eigenvalue weighted by Crippen LogP contribution is 2.59. The molecule has 0 N–H and O–H groups in total. The molecule has 2 bridgehead atoms. The van der Waals surface area contributed by atoms with Gasteiger partial charge >= 0.3 is 0 Å². The van der Waals surface area contributed by atoms with E-state index in [1.165, 1.54) is 44.0 Å². The van der Waals surface area contributed by atoms with Crippen molar-refractivity contribution in [3.63, 3.8) is 0 Å². The third-order valence-corrected chi connectivity index (χ3v) is 7.68. The maximum absolute atomic E-state index is 11.4. The Hall–Kier alpha value is -1.19. The molecule has 4 aliphatic rings. The molecule has 1 saturated heterocycles. The van der Waals surface area contributed by atoms with Crippen molar-refractivity contribution < 1.29 is 14.3 Å². The van der Waals surface area contributed by atoms with E-state index in [0.29, 0.717) is 18.6 Å². The normalized spacial score (nSPS) is 44.2. The second-order valence-corrected chi connectivity index (χ2v) is 9.05. The van der Waals surface area contributed by atoms with Crippen LogP contribution in [0.5, 0.6) is 0 Å². The quantitative estimate of drug-likeness (QED) is 0.669. The first kappa shape index (κ1) is 18.2. The molecule has 3 nitrogen and oxygen atoms in total. The Balaban J connectivity index is 1.56. The summed E-state index contributed by atoms with van der Waals surface area (Å²) >= 11 is 0. The SMILES string of the molecule is C=C1/C(=C\C=C2/CCC[C@@]3(C)C2CC[C@@H]3[C@@H](C)C=O)C[C@@H]2C[C@@H]1OCO2. The van der Waals surface area contributed by atoms with Gasteiger partial charge in [0.15, 0.2) is 0 Å². The van der Waals surface area contributed by atoms with Crippen LogP contribution in [0.3, 0.4) is 0 Å². The van der Waals surface area contributed by atoms with Gasteiger partial charge in [-0.25, -0.2) is 0 Å². The average Bonchev–Trinajstić information content (AvgIpc) is 3.01. The lowest BCUT2D eigenvalue weighted by atomic mass is 9.61. The zero-order chi connectivity index (χ0) is 18.3. The van der Waals surface area contributed by atoms with Crippen molar-refractivity contribution in [2.24, 2.45) is 23.2 Å². The molecule has 26 heavy (non-hydrogen) atoms. The molecule has 1 heterocycles. The van der Waals surface area contributed by atoms with Gasteiger partial charge in [-0.15, -0.1) is 0 Å². The van der Waals surface area contributed by atoms with E-state index < -0.39 is 0 Å². The molecule has 4 fully saturated rings. The molecule has 3 aliphatic carbocycles. The van der Waals surface area contributed by atoms with Crippen LogP contribution in [0.4, 0.5) is 0 Å². The van der Waals surface area contributed by atoms with Gasteiger partial charge in [0.2, 0.25) is 0 Å². The van der Waals surface area contributed by atoms with Gasteiger partial charge in [-0.3, -0.25) is 0 Å². The number of fused-ring (bicyclic) bond motifs is 3. The highest BCUT2D eigenvalue weighted by Gasteiger charge is 2.50. The summed E-state index contributed by atoms with van der Waals surface area (Å²) in [6, 6.07) is 0. The van der Waals surface area contributed by atoms with Gasteiger partial charge in [-0.2, -0.15) is 0 Å². The largest absolute Gasteiger partial charge is 0.352 e. The molecule has 0 radical (unpaired) electrons. The third-order valence-electron chi connectivity index (χ3n) is 7.68. The highest BCUT2D eigenvalue weighted by atomic mass is 16.7. The van der Waals surface area contributed by atoms with Crippen molar-refractivity contribution in [3.05, 3.63) is 35.5 Å². The summed E-state index contributed by atoms with van der Waals surface area (Å²) in [5.74, 6) is 1.34. The number of ether oxygens (including phenoxy) is 2. The topological polar surface area (TPSA) is 35.5 Å². The Morgan fingerprint density at radius 2 is 2.12 bits per heavy atom. The zero-order valence-corrected chi connectivity index (χ0v) is 16.2. The summed E-state index contributed by atoms with van der Waals surface area (Å²) < 4.78 is 11.4. The minimum absolute atomic E-state index is 0.132. The lowest BCUT2D eigenvalue weighted by molar-refractivity contribution is -0.170. The van der Waals surface area contributed by atoms with Gasteiger partial charge in [0, 0.05) is 12.3 Å². The molecule has 4 rings (SSSR count). The fourth-order valence-corrected chi connectivity index (χ4v) is 6.18. The number of carbonyl (C=O) groups excluding carboxylic acids is 1. The number of allylic oxidation sites excluding steroid dienone is 3. The summed E-state index contributed by atoms with van der Waals surface area (Å²) in [7, 11) is 0. The fourth-order valence-electron chi connectivity index (χ4n) is 6.18. The molecular weight excluding hydrogens is 324 g/mol. The Kier molecular flexibility index (Phi) is 4.96. The lowest BCUT2D eigenvalue weighted by Gasteiger charge is -2.43. The molecule has 3 heteroatoms. The van der Waals surface area contributed by atoms with Crippen molar-refractivity contribution in [2.75, 3.05) is 6.79 Å². The molecule has 0 aromatic carbocycles. The molecule has 0 aromatic rings. The second-order valence-electron chi connectivity index (χ2n) is 9.05. The predicted molar refractivity (Wildman–Crippen MR) is 103 cm³/mol. The monoisotopic (exact) mass is 356 g/mol. The maximum atomic E-state index is 11.4. The zero-order valence-electron chi connectivity index (χ0n) is 16.2. The van der Waals surface area contributed by atoms with Crippen LogP contribution in [0.25, 0.3) is 0 Å². The molecule has 6 atom stereocenters. The van der Waals surface area contributed by atoms with Crippen molar-refractivity contribution in [3.8, 4) is 0 Å². The molecule has 1 aliphatic heterocycles. The first-order valence-corrected chi connectivity index (χ1v) is 10.3. The van der Waals surface area contributed by atoms with Gasteiger partial charge in [0.25, 0.3) is 0 Å². The highest BCUT2D eigenvalue weighted by molar-refractivity contribution is 5.54. The minimum Gasteiger partial charge on any atom is -0.352 e. The molecule has 1 unspecified atom stereocenters. The number of hydrogen-bond acceptors (Lipinski definition) is 3. The van der Waals surface area contributed by atoms with Crippen LogP contribution in [0, 0.1) is 23.2 Å². The Morgan fingerprint density at radius 3 is 2.92 bits per heavy atom. The van der Waals surface area contributed by atoms with E-state index in [2.05, 4.69) is 32.6 Å². The van der Waals surface area contributed by atoms with E-state index in [0.717, 1.165) is 18.4 Å². The molecule has 0 amide bonds. The van der Waals surface area contributed by atoms with E-state index in [1.807, 2.05) is 0 Å². The van der Waals surface area contributed by atoms with Crippen molar-refractivity contribution in [2.45, 2.75) is 71.0 Å². The van der Waals surface area contributed by atoms with E-state index in [1.54, 1.807) is 5.57 Å². The molecule has 0 aromatic heterocycles. The van der Waals surface area contributed by atoms with Gasteiger partial charge in [0.05, 0.1) is 12.2 Å². The summed E-state index contributed by atoms with van der Waals surface area (Å²) in [5, 5.41) is 0. The summed E-state index contributed by atoms with van der Waals surface area (Å²) in [6.07, 6.45) is 14.2. The molecule has 142 valence electrons. The second kappa shape index (κ2) is 7.09. The fraction of sp³-hybridized carbons (Fsp3) is 0.696. The summed E-state index contributed by atoms with van der Waals surface area (Å²) in [5.41, 5.74) is 4.30. The smallest absolute Gasteiger partial charge is 0.147 e. The number of aldehydes is 1. The van der Waals surface area contributed by atoms with E-state index in [-0.39, 0.29) is 23.5 Å². The minimum atomic E-state index is 0.132. The van der Waals surface area contributed by atoms with Gasteiger partial charge in [-0.05, 0) is 66.9 Å². The van der Waals surface area contributed by atoms with Crippen molar-refractivity contribution in [1.29, 1.82) is 0 Å². The summed E-state index contributed by atoms with van der Waals surface area (Å²) in [6.45, 7) is 9.23. The van der Waals surface area contributed by atoms with Crippen LogP contribution in [-0.2, 0) is 14.3 Å². The van der Waals surface area contributed by atoms with Crippen molar-refractivity contribution in [1.82, 2.24) is 0 Å². The molecule has 0 spiro atoms. The third kappa shape index (κ3) is 3.03. The standard InChI is InChI=1S/C23H32O3/c1-15(13-24)20-8-9-21-17(5-4-10-23(20,21)3)6-7-18-11-19-12-22(16(18)2)26-14-25-19/h6-7,13,15,19-22H,2,4-5,8-12,14H2,1,3H3/b17-6+,18-7-/t15-,19+,20+,21?,22-,23+/m0/s1. The average molecular weight is 357 g/mol. The first-order valence-electron chi connectivity index (χ1n) is 10.3. The lowest BCUT2D eigenvalue weighted by Crippen LogP contribution is -2.37. The van der Waals surface area contributed by atoms with Crippen LogP contribution >= 0.6 is 0 Å². The predicted octanol–water partition coefficient (Wildman–Crippen LogP) is 4.98. The Bertz CT molecular complexity index is 646. The molecular formula is C23H32O3. The van der Waals surface area contributed by atoms with Gasteiger partial charge < -0.3 is 14.3 Å². The number of rotatable bonds is 3. The molecule has 3 saturated carbocycles. The van der Waals surface area contributed by atoms with Crippen LogP contribution in [-0.4, -0.2) is 25.3 Å². The maximum Gasteiger partial charge on any atom is 0.147 e. The Morgan fingerprint density at radius 1 is 1.27 bits per heavy atom. The first-order chi connectivity index (χ1) is 12.5. The van der Waals surface area contributed by atoms with E-state index in [9.17, 15) is 4.79 Å². The van der Waals surface area contributed by atoms with E-state index in [4.69, 9.17) is 9.47 Å². The van der Waals surface area contributed by atoms with Crippen LogP contribution in [0.2, 0.25) is 0 Å². The van der Waals surface area contributed by atoms with E-state index >= 15 is 0 Å². The van der Waals surface area contributed by atoms with Crippen LogP contribution in [0.1, 0.15) is 58.8 Å². The summed E-state index contributed by atoms with van der Waals surface area (Å²) in [4.78, 5) is 11.4. The van der Waals surface area contributed by atoms with Gasteiger partial charge in [0.1, 0.15) is 13.1 Å². The van der Waals surface area contributed by atoms with Gasteiger partial charge in [-0.1, -0.05) is 38.2 Å². The Labute approximate surface area is 157 Å². The van der Waals surface area contributed by atoms with Crippen LogP contribution < -0.4 is 0 Å². The van der Waals surface area contributed by atoms with Crippen LogP contribution in [0.15, 0.2) is 35.5 Å². The number of carbonyl (C=O) groups is 1. The van der Waals surface area contributed by atoms with Crippen molar-refractivity contribution >= 4 is 6.29 Å².